The van der Waals surface area contributed by atoms with Gasteiger partial charge in [-0.05, 0) is 65.9 Å². The molecule has 0 spiro atoms. The molecule has 2 nitrogen and oxygen atoms in total. The molecule has 0 aliphatic rings. The highest BCUT2D eigenvalue weighted by Gasteiger charge is 2.14. The normalized spacial score (nSPS) is 11.9. The Labute approximate surface area is 131 Å². The molecule has 0 aliphatic carbocycles. The molecule has 2 aromatic carbocycles. The molecule has 19 heavy (non-hydrogen) atoms. The van der Waals surface area contributed by atoms with Crippen LogP contribution >= 0.6 is 34.4 Å². The van der Waals surface area contributed by atoms with Crippen LogP contribution in [0.1, 0.15) is 6.92 Å². The van der Waals surface area contributed by atoms with Crippen molar-refractivity contribution in [3.8, 4) is 0 Å². The fourth-order valence-corrected chi connectivity index (χ4v) is 2.78. The zero-order valence-electron chi connectivity index (χ0n) is 10.5. The quantitative estimate of drug-likeness (QED) is 0.626. The number of rotatable bonds is 4. The SMILES string of the molecule is C[C@H](Sc1ccccc1)C(=O)Nc1ccc(I)cc1. The van der Waals surface area contributed by atoms with Gasteiger partial charge in [0.15, 0.2) is 0 Å². The molecule has 0 unspecified atom stereocenters. The first kappa shape index (κ1) is 14.4. The Bertz CT molecular complexity index is 542. The molecule has 0 bridgehead atoms. The Balaban J connectivity index is 1.94. The van der Waals surface area contributed by atoms with Crippen LogP contribution in [0, 0.1) is 3.57 Å². The molecule has 98 valence electrons. The van der Waals surface area contributed by atoms with Crippen molar-refractivity contribution >= 4 is 45.9 Å². The van der Waals surface area contributed by atoms with Crippen molar-refractivity contribution in [1.29, 1.82) is 0 Å². The minimum atomic E-state index is -0.123. The number of carbonyl (C=O) groups is 1. The first-order valence-electron chi connectivity index (χ1n) is 5.93. The van der Waals surface area contributed by atoms with Gasteiger partial charge in [0.25, 0.3) is 0 Å². The van der Waals surface area contributed by atoms with E-state index in [0.29, 0.717) is 0 Å². The molecule has 0 saturated heterocycles. The molecule has 1 amide bonds. The molecule has 0 radical (unpaired) electrons. The maximum absolute atomic E-state index is 12.1. The summed E-state index contributed by atoms with van der Waals surface area (Å²) in [4.78, 5) is 13.2. The summed E-state index contributed by atoms with van der Waals surface area (Å²) in [6, 6.07) is 17.7. The van der Waals surface area contributed by atoms with Gasteiger partial charge >= 0.3 is 0 Å². The molecule has 0 aliphatic heterocycles. The fraction of sp³-hybridized carbons (Fsp3) is 0.133. The number of benzene rings is 2. The van der Waals surface area contributed by atoms with Gasteiger partial charge < -0.3 is 5.32 Å². The van der Waals surface area contributed by atoms with Gasteiger partial charge in [-0.2, -0.15) is 0 Å². The lowest BCUT2D eigenvalue weighted by atomic mass is 10.3. The Hall–Kier alpha value is -1.01. The van der Waals surface area contributed by atoms with Gasteiger partial charge in [-0.15, -0.1) is 11.8 Å². The average molecular weight is 383 g/mol. The second kappa shape index (κ2) is 6.96. The third-order valence-electron chi connectivity index (χ3n) is 2.54. The summed E-state index contributed by atoms with van der Waals surface area (Å²) in [6.45, 7) is 1.92. The highest BCUT2D eigenvalue weighted by molar-refractivity contribution is 14.1. The van der Waals surface area contributed by atoms with E-state index in [2.05, 4.69) is 27.9 Å². The van der Waals surface area contributed by atoms with E-state index >= 15 is 0 Å². The molecular weight excluding hydrogens is 369 g/mol. The van der Waals surface area contributed by atoms with E-state index in [0.717, 1.165) is 14.2 Å². The van der Waals surface area contributed by atoms with Crippen molar-refractivity contribution in [3.05, 3.63) is 58.2 Å². The highest BCUT2D eigenvalue weighted by atomic mass is 127. The van der Waals surface area contributed by atoms with Crippen molar-refractivity contribution in [2.75, 3.05) is 5.32 Å². The average Bonchev–Trinajstić information content (AvgIpc) is 2.42. The smallest absolute Gasteiger partial charge is 0.237 e. The third-order valence-corrected chi connectivity index (χ3v) is 4.37. The molecule has 4 heteroatoms. The minimum Gasteiger partial charge on any atom is -0.325 e. The molecule has 2 rings (SSSR count). The van der Waals surface area contributed by atoms with Gasteiger partial charge in [0.2, 0.25) is 5.91 Å². The van der Waals surface area contributed by atoms with E-state index < -0.39 is 0 Å². The Kier molecular flexibility index (Phi) is 5.27. The van der Waals surface area contributed by atoms with E-state index in [-0.39, 0.29) is 11.2 Å². The summed E-state index contributed by atoms with van der Waals surface area (Å²) in [5.74, 6) is 0.0232. The maximum atomic E-state index is 12.1. The number of hydrogen-bond donors (Lipinski definition) is 1. The number of nitrogens with one attached hydrogen (secondary N) is 1. The molecule has 2 aromatic rings. The summed E-state index contributed by atoms with van der Waals surface area (Å²) in [7, 11) is 0. The van der Waals surface area contributed by atoms with Gasteiger partial charge in [0, 0.05) is 14.2 Å². The van der Waals surface area contributed by atoms with Crippen LogP contribution < -0.4 is 5.32 Å². The van der Waals surface area contributed by atoms with Crippen molar-refractivity contribution in [3.63, 3.8) is 0 Å². The Morgan fingerprint density at radius 3 is 2.37 bits per heavy atom. The van der Waals surface area contributed by atoms with Crippen LogP contribution in [-0.2, 0) is 4.79 Å². The highest BCUT2D eigenvalue weighted by Crippen LogP contribution is 2.23. The Morgan fingerprint density at radius 2 is 1.74 bits per heavy atom. The van der Waals surface area contributed by atoms with Crippen LogP contribution in [-0.4, -0.2) is 11.2 Å². The van der Waals surface area contributed by atoms with Crippen molar-refractivity contribution in [2.45, 2.75) is 17.1 Å². The van der Waals surface area contributed by atoms with Crippen LogP contribution in [0.15, 0.2) is 59.5 Å². The number of anilines is 1. The third kappa shape index (κ3) is 4.54. The number of thioether (sulfide) groups is 1. The Morgan fingerprint density at radius 1 is 1.11 bits per heavy atom. The van der Waals surface area contributed by atoms with Gasteiger partial charge in [-0.3, -0.25) is 4.79 Å². The maximum Gasteiger partial charge on any atom is 0.237 e. The molecule has 0 fully saturated rings. The molecule has 1 atom stereocenters. The standard InChI is InChI=1S/C15H14INOS/c1-11(19-14-5-3-2-4-6-14)15(18)17-13-9-7-12(16)8-10-13/h2-11H,1H3,(H,17,18)/t11-/m0/s1. The van der Waals surface area contributed by atoms with Crippen LogP contribution in [0.2, 0.25) is 0 Å². The summed E-state index contributed by atoms with van der Waals surface area (Å²) in [5, 5.41) is 2.80. The minimum absolute atomic E-state index is 0.0232. The summed E-state index contributed by atoms with van der Waals surface area (Å²) >= 11 is 3.80. The molecular formula is C15H14INOS. The predicted octanol–water partition coefficient (Wildman–Crippen LogP) is 4.41. The van der Waals surface area contributed by atoms with E-state index in [1.807, 2.05) is 61.5 Å². The molecule has 0 heterocycles. The lowest BCUT2D eigenvalue weighted by Crippen LogP contribution is -2.22. The number of carbonyl (C=O) groups excluding carboxylic acids is 1. The largest absolute Gasteiger partial charge is 0.325 e. The van der Waals surface area contributed by atoms with E-state index in [4.69, 9.17) is 0 Å². The van der Waals surface area contributed by atoms with Crippen LogP contribution in [0.5, 0.6) is 0 Å². The van der Waals surface area contributed by atoms with Gasteiger partial charge in [0.1, 0.15) is 0 Å². The van der Waals surface area contributed by atoms with E-state index in [1.165, 1.54) is 0 Å². The lowest BCUT2D eigenvalue weighted by molar-refractivity contribution is -0.115. The number of hydrogen-bond acceptors (Lipinski definition) is 2. The zero-order valence-corrected chi connectivity index (χ0v) is 13.4. The summed E-state index contributed by atoms with van der Waals surface area (Å²) < 4.78 is 1.15. The van der Waals surface area contributed by atoms with Gasteiger partial charge in [-0.25, -0.2) is 0 Å². The zero-order chi connectivity index (χ0) is 13.7. The molecule has 1 N–H and O–H groups in total. The van der Waals surface area contributed by atoms with Gasteiger partial charge in [0.05, 0.1) is 5.25 Å². The first-order chi connectivity index (χ1) is 9.15. The van der Waals surface area contributed by atoms with Crippen LogP contribution in [0.4, 0.5) is 5.69 Å². The topological polar surface area (TPSA) is 29.1 Å². The van der Waals surface area contributed by atoms with Crippen molar-refractivity contribution in [2.24, 2.45) is 0 Å². The van der Waals surface area contributed by atoms with Crippen LogP contribution in [0.3, 0.4) is 0 Å². The second-order valence-corrected chi connectivity index (χ2v) is 6.73. The van der Waals surface area contributed by atoms with E-state index in [1.54, 1.807) is 11.8 Å². The number of halogens is 1. The fourth-order valence-electron chi connectivity index (χ4n) is 1.53. The number of amides is 1. The lowest BCUT2D eigenvalue weighted by Gasteiger charge is -2.12. The summed E-state index contributed by atoms with van der Waals surface area (Å²) in [5.41, 5.74) is 0.839. The van der Waals surface area contributed by atoms with Crippen molar-refractivity contribution in [1.82, 2.24) is 0 Å². The second-order valence-electron chi connectivity index (χ2n) is 4.07. The van der Waals surface area contributed by atoms with Crippen molar-refractivity contribution < 1.29 is 4.79 Å². The summed E-state index contributed by atoms with van der Waals surface area (Å²) in [6.07, 6.45) is 0. The van der Waals surface area contributed by atoms with Crippen LogP contribution in [0.25, 0.3) is 0 Å². The molecule has 0 saturated carbocycles. The first-order valence-corrected chi connectivity index (χ1v) is 7.89. The molecule has 0 aromatic heterocycles. The monoisotopic (exact) mass is 383 g/mol. The predicted molar refractivity (Wildman–Crippen MR) is 89.5 cm³/mol. The van der Waals surface area contributed by atoms with Gasteiger partial charge in [-0.1, -0.05) is 18.2 Å². The van der Waals surface area contributed by atoms with E-state index in [9.17, 15) is 4.79 Å².